The number of aliphatic imine (C=N–C) groups is 1. The number of thiazole rings is 1. The van der Waals surface area contributed by atoms with Crippen LogP contribution in [0.5, 0.6) is 11.5 Å². The summed E-state index contributed by atoms with van der Waals surface area (Å²) >= 11 is 1.28. The first-order valence-electron chi connectivity index (χ1n) is 14.4. The van der Waals surface area contributed by atoms with Gasteiger partial charge in [0.05, 0.1) is 37.1 Å². The van der Waals surface area contributed by atoms with E-state index in [1.165, 1.54) is 18.3 Å². The second-order valence-corrected chi connectivity index (χ2v) is 14.5. The van der Waals surface area contributed by atoms with E-state index >= 15 is 0 Å². The van der Waals surface area contributed by atoms with Gasteiger partial charge in [-0.1, -0.05) is 60.9 Å². The Morgan fingerprint density at radius 1 is 0.815 bits per heavy atom. The molecule has 4 aromatic carbocycles. The maximum Gasteiger partial charge on any atom is 3.00 e. The fourth-order valence-corrected chi connectivity index (χ4v) is 6.01. The Hall–Kier alpha value is -4.55. The molecule has 0 aliphatic heterocycles. The molecule has 54 heavy (non-hydrogen) atoms. The van der Waals surface area contributed by atoms with Gasteiger partial charge in [-0.2, -0.15) is 15.3 Å². The van der Waals surface area contributed by atoms with Gasteiger partial charge in [-0.15, -0.1) is 17.1 Å². The molecule has 22 heteroatoms. The fourth-order valence-electron chi connectivity index (χ4n) is 3.93. The van der Waals surface area contributed by atoms with Crippen LogP contribution in [0.1, 0.15) is 18.9 Å². The van der Waals surface area contributed by atoms with Crippen LogP contribution in [-0.4, -0.2) is 39.2 Å². The minimum Gasteiger partial charge on any atom is -0.874 e. The van der Waals surface area contributed by atoms with Crippen LogP contribution in [0.15, 0.2) is 133 Å². The number of allylic oxidation sites excluding steroid dienone is 1. The average Bonchev–Trinajstić information content (AvgIpc) is 3.50. The Labute approximate surface area is 345 Å². The van der Waals surface area contributed by atoms with Crippen molar-refractivity contribution < 1.29 is 88.4 Å². The van der Waals surface area contributed by atoms with Crippen LogP contribution in [0.4, 0.5) is 17.1 Å². The maximum absolute atomic E-state index is 12.1. The van der Waals surface area contributed by atoms with Gasteiger partial charge in [-0.25, -0.2) is 32.1 Å². The van der Waals surface area contributed by atoms with Gasteiger partial charge in [0.15, 0.2) is 11.5 Å². The van der Waals surface area contributed by atoms with E-state index in [9.17, 15) is 42.1 Å². The minimum atomic E-state index is -4.05. The third-order valence-corrected chi connectivity index (χ3v) is 9.30. The van der Waals surface area contributed by atoms with Crippen molar-refractivity contribution >= 4 is 76.1 Å². The Morgan fingerprint density at radius 2 is 1.39 bits per heavy atom. The van der Waals surface area contributed by atoms with Crippen molar-refractivity contribution in [3.05, 3.63) is 107 Å². The number of Topliss-reactive ketones (excluding diaryl/α,β-unsaturated/α-hetero) is 1. The van der Waals surface area contributed by atoms with Crippen molar-refractivity contribution in [2.75, 3.05) is 5.43 Å². The summed E-state index contributed by atoms with van der Waals surface area (Å²) in [6.07, 6.45) is 0. The number of rotatable bonds is 10. The molecule has 5 rings (SSSR count). The largest absolute Gasteiger partial charge is 3.00 e. The predicted octanol–water partition coefficient (Wildman–Crippen LogP) is -1.40. The number of anilines is 1. The molecular weight excluding hydrogens is 819 g/mol. The number of azo groups is 1. The number of sulfonamides is 2. The van der Waals surface area contributed by atoms with Gasteiger partial charge in [-0.05, 0) is 48.5 Å². The number of primary sulfonamides is 2. The SMILES string of the molecule is CC(=O)C(=NNc1cc(S(N)(=O)=O)ccc1[O-])c1nc2ccccc2s1.CC([O-])=C(N=Nc1cc(S(N)(=O)=O)ccc1[O-])C([O-])=Nc1ccccc1.[Co+3].[Na+]. The number of carbonyl (C=O) groups is 1. The number of fused-ring (bicyclic) bond motifs is 1. The minimum absolute atomic E-state index is 0. The smallest absolute Gasteiger partial charge is 0.874 e. The molecular formula is C32H26CoN8NaO9S3. The molecule has 0 fully saturated rings. The predicted molar refractivity (Wildman–Crippen MR) is 186 cm³/mol. The summed E-state index contributed by atoms with van der Waals surface area (Å²) in [7, 11) is -8.02. The summed E-state index contributed by atoms with van der Waals surface area (Å²) in [6.45, 7) is 2.41. The van der Waals surface area contributed by atoms with E-state index in [1.54, 1.807) is 30.3 Å². The average molecular weight is 845 g/mol. The Morgan fingerprint density at radius 3 is 1.96 bits per heavy atom. The standard InChI is InChI=1S/C16H16N4O5S.C16H14N4O4S2.Co.Na/c1-10(21)15(16(23)18-11-5-3-2-4-6-11)20-19-13-9-12(26(17,24)25)7-8-14(13)22;1-9(21)15(16-18-11-4-2-3-5-14(11)25-16)20-19-12-8-10(26(17,23)24)6-7-13(12)22;;/h2-9,21-22H,1H3,(H,18,23)(H2,17,24,25);2-8,19,22H,1H3,(H2,17,23,24);;/q;;+3;+1/p-4. The molecule has 0 saturated carbocycles. The Bertz CT molecular complexity index is 2460. The Kier molecular flexibility index (Phi) is 16.6. The second-order valence-electron chi connectivity index (χ2n) is 10.3. The van der Waals surface area contributed by atoms with Crippen LogP contribution < -0.4 is 65.7 Å². The van der Waals surface area contributed by atoms with Crippen molar-refractivity contribution in [2.24, 2.45) is 30.6 Å². The van der Waals surface area contributed by atoms with Crippen LogP contribution in [0, 0.1) is 0 Å². The van der Waals surface area contributed by atoms with Crippen LogP contribution >= 0.6 is 11.3 Å². The van der Waals surface area contributed by atoms with Crippen LogP contribution in [0.25, 0.3) is 10.2 Å². The molecule has 1 heterocycles. The van der Waals surface area contributed by atoms with Gasteiger partial charge in [0.2, 0.25) is 20.0 Å². The molecule has 1 aromatic heterocycles. The molecule has 0 bridgehead atoms. The molecule has 0 radical (unpaired) electrons. The molecule has 0 atom stereocenters. The summed E-state index contributed by atoms with van der Waals surface area (Å²) in [5, 5.41) is 68.8. The molecule has 0 saturated heterocycles. The zero-order valence-corrected chi connectivity index (χ0v) is 33.8. The number of para-hydroxylation sites is 2. The monoisotopic (exact) mass is 844 g/mol. The normalized spacial score (nSPS) is 12.5. The number of aromatic nitrogens is 1. The first-order valence-corrected chi connectivity index (χ1v) is 18.3. The van der Waals surface area contributed by atoms with E-state index in [4.69, 9.17) is 10.3 Å². The number of nitrogens with two attached hydrogens (primary N) is 2. The number of benzene rings is 4. The number of ketones is 1. The topological polar surface area (TPSA) is 304 Å². The zero-order valence-electron chi connectivity index (χ0n) is 28.3. The number of nitrogens with zero attached hydrogens (tertiary/aromatic N) is 5. The summed E-state index contributed by atoms with van der Waals surface area (Å²) in [4.78, 5) is 19.5. The van der Waals surface area contributed by atoms with E-state index in [2.05, 4.69) is 30.7 Å². The number of hydrazone groups is 1. The van der Waals surface area contributed by atoms with Crippen LogP contribution in [0.3, 0.4) is 0 Å². The van der Waals surface area contributed by atoms with Crippen molar-refractivity contribution in [1.29, 1.82) is 0 Å². The van der Waals surface area contributed by atoms with Crippen LogP contribution in [0.2, 0.25) is 0 Å². The second kappa shape index (κ2) is 19.7. The number of nitrogens with one attached hydrogen (secondary N) is 1. The summed E-state index contributed by atoms with van der Waals surface area (Å²) in [6, 6.07) is 21.6. The number of hydrogen-bond donors (Lipinski definition) is 3. The van der Waals surface area contributed by atoms with E-state index in [0.717, 1.165) is 53.5 Å². The van der Waals surface area contributed by atoms with Gasteiger partial charge in [0.1, 0.15) is 5.01 Å². The van der Waals surface area contributed by atoms with Gasteiger partial charge >= 0.3 is 46.3 Å². The molecule has 0 aliphatic carbocycles. The van der Waals surface area contributed by atoms with E-state index < -0.39 is 48.9 Å². The maximum atomic E-state index is 12.1. The van der Waals surface area contributed by atoms with E-state index in [-0.39, 0.29) is 79.0 Å². The molecule has 0 spiro atoms. The van der Waals surface area contributed by atoms with Gasteiger partial charge in [0.25, 0.3) is 0 Å². The molecule has 5 N–H and O–H groups in total. The third kappa shape index (κ3) is 12.5. The quantitative estimate of drug-likeness (QED) is 0.0367. The van der Waals surface area contributed by atoms with Crippen molar-refractivity contribution in [3.63, 3.8) is 0 Å². The molecule has 0 unspecified atom stereocenters. The van der Waals surface area contributed by atoms with Crippen molar-refractivity contribution in [1.82, 2.24) is 4.98 Å². The molecule has 17 nitrogen and oxygen atoms in total. The van der Waals surface area contributed by atoms with Gasteiger partial charge < -0.3 is 20.4 Å². The van der Waals surface area contributed by atoms with E-state index in [1.807, 2.05) is 24.3 Å². The summed E-state index contributed by atoms with van der Waals surface area (Å²) in [5.41, 5.74) is 2.42. The van der Waals surface area contributed by atoms with Gasteiger partial charge in [-0.3, -0.25) is 15.2 Å². The summed E-state index contributed by atoms with van der Waals surface area (Å²) in [5.74, 6) is -3.16. The zero-order chi connectivity index (χ0) is 38.2. The van der Waals surface area contributed by atoms with Crippen LogP contribution in [-0.2, 0) is 41.6 Å². The van der Waals surface area contributed by atoms with E-state index in [0.29, 0.717) is 10.7 Å². The first kappa shape index (κ1) is 45.6. The fraction of sp³-hybridized carbons (Fsp3) is 0.0625. The number of hydrogen-bond acceptors (Lipinski definition) is 16. The molecule has 0 amide bonds. The summed E-state index contributed by atoms with van der Waals surface area (Å²) < 4.78 is 46.4. The first-order chi connectivity index (χ1) is 24.4. The Balaban J connectivity index is 0.000000360. The third-order valence-electron chi connectivity index (χ3n) is 6.44. The van der Waals surface area contributed by atoms with Gasteiger partial charge in [0, 0.05) is 18.5 Å². The van der Waals surface area contributed by atoms with Crippen molar-refractivity contribution in [2.45, 2.75) is 23.6 Å². The molecule has 276 valence electrons. The molecule has 0 aliphatic rings. The van der Waals surface area contributed by atoms with Crippen molar-refractivity contribution in [3.8, 4) is 11.5 Å². The number of carbonyl (C=O) groups excluding carboxylic acids is 1. The molecule has 5 aromatic rings.